The van der Waals surface area contributed by atoms with Crippen molar-refractivity contribution >= 4 is 105 Å². The number of hydrogen-bond donors (Lipinski definition) is 7. The second-order valence-corrected chi connectivity index (χ2v) is 20.9. The van der Waals surface area contributed by atoms with E-state index in [-0.39, 0.29) is 0 Å². The Morgan fingerprint density at radius 1 is 0.464 bits per heavy atom. The van der Waals surface area contributed by atoms with Gasteiger partial charge in [0.25, 0.3) is 30.4 Å². The van der Waals surface area contributed by atoms with Crippen LogP contribution in [0.15, 0.2) is 87.4 Å². The predicted molar refractivity (Wildman–Crippen MR) is 185 cm³/mol. The predicted octanol–water partition coefficient (Wildman–Crippen LogP) is 0.608. The highest BCUT2D eigenvalue weighted by Crippen LogP contribution is 2.44. The van der Waals surface area contributed by atoms with E-state index in [0.29, 0.717) is 42.5 Å². The Morgan fingerprint density at radius 3 is 1.18 bits per heavy atom. The lowest BCUT2D eigenvalue weighted by Gasteiger charge is -2.11. The zero-order valence-corrected chi connectivity index (χ0v) is 32.7. The molecular formula is C22H24N6O21S7. The fourth-order valence-corrected chi connectivity index (χ4v) is 9.07. The monoisotopic (exact) mass is 932 g/mol. The van der Waals surface area contributed by atoms with Crippen LogP contribution >= 0.6 is 0 Å². The van der Waals surface area contributed by atoms with E-state index in [1.807, 2.05) is 0 Å². The van der Waals surface area contributed by atoms with Gasteiger partial charge in [-0.1, -0.05) is 0 Å². The molecule has 27 nitrogen and oxygen atoms in total. The van der Waals surface area contributed by atoms with Crippen LogP contribution in [0.2, 0.25) is 0 Å². The third kappa shape index (κ3) is 12.4. The summed E-state index contributed by atoms with van der Waals surface area (Å²) in [5, 5.41) is 14.1. The summed E-state index contributed by atoms with van der Waals surface area (Å²) >= 11 is 0. The number of azo groups is 2. The van der Waals surface area contributed by atoms with Gasteiger partial charge < -0.3 is 11.5 Å². The highest BCUT2D eigenvalue weighted by Gasteiger charge is 2.26. The van der Waals surface area contributed by atoms with E-state index in [0.717, 1.165) is 0 Å². The molecule has 0 aromatic heterocycles. The number of nitrogens with two attached hydrogens (primary N) is 2. The number of anilines is 2. The SMILES string of the molecule is Nc1c(N=Nc2ccc(S(=O)(=O)CCOS(=O)(=O)O)cc2S(=O)(=O)O)cc(S(=O)(=O)O)c(N)c1N=Nc1ccc(S(=O)(=O)CCOS(=O)(=O)O)cc1S(=O)(=O)O. The first kappa shape index (κ1) is 46.2. The fourth-order valence-electron chi connectivity index (χ4n) is 3.97. The first-order valence-electron chi connectivity index (χ1n) is 13.7. The van der Waals surface area contributed by atoms with E-state index >= 15 is 0 Å². The van der Waals surface area contributed by atoms with Crippen molar-refractivity contribution in [2.24, 2.45) is 20.5 Å². The Labute approximate surface area is 317 Å². The van der Waals surface area contributed by atoms with Crippen LogP contribution in [-0.2, 0) is 79.2 Å². The lowest BCUT2D eigenvalue weighted by molar-refractivity contribution is 0.282. The van der Waals surface area contributed by atoms with Crippen LogP contribution in [0.4, 0.5) is 34.1 Å². The number of nitrogen functional groups attached to an aromatic ring is 2. The van der Waals surface area contributed by atoms with E-state index in [9.17, 15) is 72.6 Å². The third-order valence-corrected chi connectivity index (χ3v) is 13.4. The van der Waals surface area contributed by atoms with Crippen LogP contribution in [0.1, 0.15) is 0 Å². The molecule has 0 atom stereocenters. The molecule has 0 amide bonds. The van der Waals surface area contributed by atoms with Gasteiger partial charge in [-0.05, 0) is 42.5 Å². The highest BCUT2D eigenvalue weighted by molar-refractivity contribution is 7.92. The van der Waals surface area contributed by atoms with E-state index < -0.39 is 154 Å². The largest absolute Gasteiger partial charge is 0.397 e. The number of sulfone groups is 2. The lowest BCUT2D eigenvalue weighted by atomic mass is 10.2. The molecule has 0 spiro atoms. The molecule has 0 saturated heterocycles. The van der Waals surface area contributed by atoms with Crippen LogP contribution in [0.5, 0.6) is 0 Å². The maximum absolute atomic E-state index is 12.6. The summed E-state index contributed by atoms with van der Waals surface area (Å²) in [4.78, 5) is -5.39. The number of rotatable bonds is 17. The number of hydrogen-bond acceptors (Lipinski definition) is 22. The Balaban J connectivity index is 2.16. The minimum absolute atomic E-state index is 0.351. The van der Waals surface area contributed by atoms with Crippen LogP contribution in [0.3, 0.4) is 0 Å². The van der Waals surface area contributed by atoms with Crippen LogP contribution in [0.25, 0.3) is 0 Å². The van der Waals surface area contributed by atoms with Crippen molar-refractivity contribution < 1.29 is 90.1 Å². The van der Waals surface area contributed by atoms with Crippen molar-refractivity contribution in [2.75, 3.05) is 36.2 Å². The molecule has 3 aromatic carbocycles. The molecule has 56 heavy (non-hydrogen) atoms. The summed E-state index contributed by atoms with van der Waals surface area (Å²) in [6.07, 6.45) is 0. The van der Waals surface area contributed by atoms with Crippen molar-refractivity contribution in [3.8, 4) is 0 Å². The minimum atomic E-state index is -5.37. The zero-order valence-electron chi connectivity index (χ0n) is 26.9. The molecule has 0 aliphatic heterocycles. The standard InChI is InChI=1S/C22H24N6O21S7/c23-20-16(27-25-14-3-1-12(9-17(14)52(33,34)35)50(29,30)7-5-48-55(42,43)44)11-19(54(39,40)41)21(24)22(20)28-26-15-4-2-13(10-18(15)53(36,37)38)51(31,32)8-6-49-56(45,46)47/h1-4,9-11H,5-8,23-24H2,(H,33,34,35)(H,36,37,38)(H,39,40,41)(H,42,43,44)(H,45,46,47). The molecule has 0 heterocycles. The summed E-state index contributed by atoms with van der Waals surface area (Å²) in [6.45, 7) is -2.23. The molecule has 3 rings (SSSR count). The summed E-state index contributed by atoms with van der Waals surface area (Å²) in [5.41, 5.74) is 6.57. The summed E-state index contributed by atoms with van der Waals surface area (Å²) in [5.74, 6) is -2.25. The van der Waals surface area contributed by atoms with E-state index in [4.69, 9.17) is 20.6 Å². The van der Waals surface area contributed by atoms with E-state index in [1.54, 1.807) is 0 Å². The summed E-state index contributed by atoms with van der Waals surface area (Å²) < 4.78 is 220. The van der Waals surface area contributed by atoms with Crippen molar-refractivity contribution in [1.29, 1.82) is 0 Å². The van der Waals surface area contributed by atoms with Gasteiger partial charge in [-0.2, -0.15) is 42.1 Å². The molecule has 9 N–H and O–H groups in total. The van der Waals surface area contributed by atoms with Crippen molar-refractivity contribution in [2.45, 2.75) is 24.5 Å². The van der Waals surface area contributed by atoms with E-state index in [2.05, 4.69) is 28.8 Å². The quantitative estimate of drug-likeness (QED) is 0.0554. The number of benzene rings is 3. The molecule has 0 bridgehead atoms. The van der Waals surface area contributed by atoms with Crippen LogP contribution in [0, 0.1) is 0 Å². The zero-order chi connectivity index (χ0) is 42.9. The second-order valence-electron chi connectivity index (χ2n) is 10.3. The van der Waals surface area contributed by atoms with Gasteiger partial charge in [0.1, 0.15) is 37.4 Å². The molecule has 3 aromatic rings. The molecular weight excluding hydrogens is 909 g/mol. The Bertz CT molecular complexity index is 2930. The number of nitrogens with zero attached hydrogens (tertiary/aromatic N) is 4. The smallest absolute Gasteiger partial charge is 0.396 e. The molecule has 310 valence electrons. The molecule has 34 heteroatoms. The van der Waals surface area contributed by atoms with Crippen LogP contribution in [-0.4, -0.2) is 106 Å². The summed E-state index contributed by atoms with van der Waals surface area (Å²) in [6, 6.07) is 3.89. The van der Waals surface area contributed by atoms with Crippen molar-refractivity contribution in [3.63, 3.8) is 0 Å². The Morgan fingerprint density at radius 2 is 0.821 bits per heavy atom. The first-order valence-corrected chi connectivity index (χ1v) is 24.0. The van der Waals surface area contributed by atoms with Crippen LogP contribution < -0.4 is 11.5 Å². The molecule has 0 aliphatic carbocycles. The molecule has 0 aliphatic rings. The highest BCUT2D eigenvalue weighted by atomic mass is 32.3. The van der Waals surface area contributed by atoms with Crippen molar-refractivity contribution in [1.82, 2.24) is 0 Å². The maximum Gasteiger partial charge on any atom is 0.397 e. The Kier molecular flexibility index (Phi) is 13.5. The normalized spacial score (nSPS) is 13.8. The Hall–Kier alpha value is -4.17. The van der Waals surface area contributed by atoms with Gasteiger partial charge in [-0.15, -0.1) is 20.5 Å². The molecule has 0 fully saturated rings. The topological polar surface area (TPSA) is 460 Å². The van der Waals surface area contributed by atoms with Gasteiger partial charge >= 0.3 is 20.8 Å². The second kappa shape index (κ2) is 16.4. The van der Waals surface area contributed by atoms with Crippen molar-refractivity contribution in [3.05, 3.63) is 42.5 Å². The van der Waals surface area contributed by atoms with Gasteiger partial charge in [-0.25, -0.2) is 25.2 Å². The lowest BCUT2D eigenvalue weighted by Crippen LogP contribution is -2.16. The first-order chi connectivity index (χ1) is 25.2. The molecule has 0 saturated carbocycles. The average Bonchev–Trinajstić information content (AvgIpc) is 3.01. The molecule has 0 radical (unpaired) electrons. The van der Waals surface area contributed by atoms with E-state index in [1.165, 1.54) is 0 Å². The average molecular weight is 933 g/mol. The van der Waals surface area contributed by atoms with Gasteiger partial charge in [0.05, 0.1) is 45.9 Å². The van der Waals surface area contributed by atoms with Gasteiger partial charge in [0.2, 0.25) is 0 Å². The molecule has 0 unspecified atom stereocenters. The summed E-state index contributed by atoms with van der Waals surface area (Å²) in [7, 11) is -35.3. The third-order valence-electron chi connectivity index (χ3n) is 6.43. The van der Waals surface area contributed by atoms with Gasteiger partial charge in [0.15, 0.2) is 19.7 Å². The maximum atomic E-state index is 12.6. The van der Waals surface area contributed by atoms with Gasteiger partial charge in [-0.3, -0.25) is 22.8 Å². The minimum Gasteiger partial charge on any atom is -0.396 e. The van der Waals surface area contributed by atoms with Gasteiger partial charge in [0, 0.05) is 0 Å². The fraction of sp³-hybridized carbons (Fsp3) is 0.182.